The molecule has 2 rings (SSSR count). The number of halogens is 1. The van der Waals surface area contributed by atoms with E-state index in [1.54, 1.807) is 13.0 Å². The maximum Gasteiger partial charge on any atom is 0.126 e. The van der Waals surface area contributed by atoms with E-state index in [0.29, 0.717) is 5.56 Å². The van der Waals surface area contributed by atoms with E-state index in [9.17, 15) is 4.39 Å². The van der Waals surface area contributed by atoms with Crippen LogP contribution in [-0.4, -0.2) is 0 Å². The third-order valence-corrected chi connectivity index (χ3v) is 4.80. The summed E-state index contributed by atoms with van der Waals surface area (Å²) in [4.78, 5) is 0. The average Bonchev–Trinajstić information content (AvgIpc) is 3.01. The highest BCUT2D eigenvalue weighted by atomic mass is 19.1. The molecule has 0 aromatic heterocycles. The Morgan fingerprint density at radius 2 is 1.96 bits per heavy atom. The summed E-state index contributed by atoms with van der Waals surface area (Å²) in [6, 6.07) is 5.06. The average molecular weight is 362 g/mol. The van der Waals surface area contributed by atoms with Crippen molar-refractivity contribution in [3.8, 4) is 11.8 Å². The second kappa shape index (κ2) is 8.27. The van der Waals surface area contributed by atoms with E-state index >= 15 is 0 Å². The number of nitrogens with one attached hydrogen (secondary N) is 1. The van der Waals surface area contributed by atoms with Crippen LogP contribution >= 0.6 is 0 Å². The normalized spacial score (nSPS) is 14.1. The monoisotopic (exact) mass is 361 g/mol. The molecule has 2 heteroatoms. The quantitative estimate of drug-likeness (QED) is 0.469. The molecule has 0 saturated carbocycles. The highest BCUT2D eigenvalue weighted by Gasteiger charge is 2.20. The number of hydrogen-bond acceptors (Lipinski definition) is 1. The molecule has 0 heterocycles. The van der Waals surface area contributed by atoms with Crippen LogP contribution in [0.1, 0.15) is 45.2 Å². The van der Waals surface area contributed by atoms with Crippen molar-refractivity contribution in [1.82, 2.24) is 5.32 Å². The molecule has 0 amide bonds. The van der Waals surface area contributed by atoms with Crippen molar-refractivity contribution in [1.29, 1.82) is 0 Å². The van der Waals surface area contributed by atoms with Gasteiger partial charge in [-0.25, -0.2) is 4.39 Å². The lowest BCUT2D eigenvalue weighted by Crippen LogP contribution is -2.25. The van der Waals surface area contributed by atoms with Gasteiger partial charge < -0.3 is 5.32 Å². The van der Waals surface area contributed by atoms with E-state index in [-0.39, 0.29) is 5.82 Å². The zero-order valence-electron chi connectivity index (χ0n) is 17.0. The summed E-state index contributed by atoms with van der Waals surface area (Å²) in [6.45, 7) is 18.1. The summed E-state index contributed by atoms with van der Waals surface area (Å²) in [7, 11) is 0. The molecule has 0 saturated heterocycles. The van der Waals surface area contributed by atoms with Gasteiger partial charge in [0.25, 0.3) is 0 Å². The molecule has 1 aromatic carbocycles. The van der Waals surface area contributed by atoms with Gasteiger partial charge in [-0.3, -0.25) is 0 Å². The van der Waals surface area contributed by atoms with Crippen molar-refractivity contribution in [2.24, 2.45) is 5.41 Å². The van der Waals surface area contributed by atoms with Crippen molar-refractivity contribution in [3.05, 3.63) is 88.6 Å². The smallest absolute Gasteiger partial charge is 0.126 e. The first-order valence-corrected chi connectivity index (χ1v) is 9.10. The second-order valence-corrected chi connectivity index (χ2v) is 7.54. The van der Waals surface area contributed by atoms with Gasteiger partial charge in [0, 0.05) is 17.0 Å². The second-order valence-electron chi connectivity index (χ2n) is 7.54. The van der Waals surface area contributed by atoms with E-state index in [4.69, 9.17) is 0 Å². The summed E-state index contributed by atoms with van der Waals surface area (Å²) >= 11 is 0. The predicted octanol–water partition coefficient (Wildman–Crippen LogP) is 6.46. The zero-order chi connectivity index (χ0) is 20.2. The third kappa shape index (κ3) is 5.11. The highest BCUT2D eigenvalue weighted by molar-refractivity contribution is 5.61. The number of hydrogen-bond donors (Lipinski definition) is 1. The lowest BCUT2D eigenvalue weighted by molar-refractivity contribution is 0.569. The Balaban J connectivity index is 2.25. The van der Waals surface area contributed by atoms with Gasteiger partial charge in [0.1, 0.15) is 5.82 Å². The fourth-order valence-corrected chi connectivity index (χ4v) is 2.59. The van der Waals surface area contributed by atoms with Crippen LogP contribution in [0.5, 0.6) is 0 Å². The molecule has 0 unspecified atom stereocenters. The molecule has 0 spiro atoms. The number of allylic oxidation sites excluding steroid dienone is 6. The van der Waals surface area contributed by atoms with Crippen LogP contribution in [0, 0.1) is 30.0 Å². The minimum absolute atomic E-state index is 0.219. The van der Waals surface area contributed by atoms with Crippen LogP contribution in [0.2, 0.25) is 0 Å². The maximum absolute atomic E-state index is 13.8. The molecule has 0 atom stereocenters. The summed E-state index contributed by atoms with van der Waals surface area (Å²) in [5, 5.41) is 3.35. The van der Waals surface area contributed by atoms with Crippen LogP contribution in [0.15, 0.2) is 71.6 Å². The van der Waals surface area contributed by atoms with Crippen molar-refractivity contribution < 1.29 is 4.39 Å². The van der Waals surface area contributed by atoms with Gasteiger partial charge >= 0.3 is 0 Å². The van der Waals surface area contributed by atoms with Crippen LogP contribution in [0.4, 0.5) is 4.39 Å². The van der Waals surface area contributed by atoms with E-state index in [0.717, 1.165) is 34.5 Å². The van der Waals surface area contributed by atoms with Crippen molar-refractivity contribution in [2.45, 2.75) is 41.0 Å². The maximum atomic E-state index is 13.8. The Morgan fingerprint density at radius 3 is 2.56 bits per heavy atom. The molecule has 140 valence electrons. The first kappa shape index (κ1) is 20.5. The first-order valence-electron chi connectivity index (χ1n) is 9.10. The van der Waals surface area contributed by atoms with Crippen LogP contribution < -0.4 is 5.32 Å². The lowest BCUT2D eigenvalue weighted by Gasteiger charge is -2.24. The van der Waals surface area contributed by atoms with Crippen LogP contribution in [-0.2, 0) is 0 Å². The van der Waals surface area contributed by atoms with E-state index < -0.39 is 5.41 Å². The van der Waals surface area contributed by atoms with Gasteiger partial charge in [0.15, 0.2) is 0 Å². The predicted molar refractivity (Wildman–Crippen MR) is 114 cm³/mol. The number of rotatable bonds is 5. The Morgan fingerprint density at radius 1 is 1.26 bits per heavy atom. The number of benzene rings is 1. The lowest BCUT2D eigenvalue weighted by atomic mass is 9.89. The van der Waals surface area contributed by atoms with Gasteiger partial charge in [-0.05, 0) is 75.5 Å². The SMILES string of the molecule is C=C(C)/C(=C\c1cccc(F)c1C)NC(=C)C(C)(C)C#CC1=C(C)C=CC1. The highest BCUT2D eigenvalue weighted by Crippen LogP contribution is 2.26. The van der Waals surface area contributed by atoms with Crippen molar-refractivity contribution >= 4 is 6.08 Å². The molecule has 0 aliphatic heterocycles. The zero-order valence-corrected chi connectivity index (χ0v) is 17.0. The Labute approximate surface area is 163 Å². The molecule has 0 bridgehead atoms. The largest absolute Gasteiger partial charge is 0.358 e. The molecular weight excluding hydrogens is 333 g/mol. The fraction of sp³-hybridized carbons (Fsp3) is 0.280. The van der Waals surface area contributed by atoms with E-state index in [2.05, 4.69) is 49.4 Å². The molecule has 1 aromatic rings. The van der Waals surface area contributed by atoms with Gasteiger partial charge in [-0.2, -0.15) is 0 Å². The van der Waals surface area contributed by atoms with Crippen molar-refractivity contribution in [2.75, 3.05) is 0 Å². The third-order valence-electron chi connectivity index (χ3n) is 4.80. The Kier molecular flexibility index (Phi) is 6.28. The molecule has 0 fully saturated rings. The van der Waals surface area contributed by atoms with Gasteiger partial charge in [-0.15, -0.1) is 0 Å². The van der Waals surface area contributed by atoms with Gasteiger partial charge in [0.2, 0.25) is 0 Å². The Hall–Kier alpha value is -2.79. The summed E-state index contributed by atoms with van der Waals surface area (Å²) in [5.41, 5.74) is 5.81. The standard InChI is InChI=1S/C25H28FN/c1-17(2)24(16-22-12-9-13-23(26)19(22)4)27-20(5)25(6,7)15-14-21-11-8-10-18(21)3/h8-10,12-13,16,27H,1,5,11H2,2-4,6-7H3/b24-16+. The molecule has 1 aliphatic carbocycles. The fourth-order valence-electron chi connectivity index (χ4n) is 2.59. The molecular formula is C25H28FN. The van der Waals surface area contributed by atoms with Crippen LogP contribution in [0.3, 0.4) is 0 Å². The van der Waals surface area contributed by atoms with Crippen LogP contribution in [0.25, 0.3) is 6.08 Å². The molecule has 1 aliphatic rings. The molecule has 0 radical (unpaired) electrons. The minimum Gasteiger partial charge on any atom is -0.358 e. The minimum atomic E-state index is -0.429. The van der Waals surface area contributed by atoms with Gasteiger partial charge in [-0.1, -0.05) is 49.3 Å². The van der Waals surface area contributed by atoms with Crippen molar-refractivity contribution in [3.63, 3.8) is 0 Å². The summed E-state index contributed by atoms with van der Waals surface area (Å²) in [5.74, 6) is 6.41. The summed E-state index contributed by atoms with van der Waals surface area (Å²) < 4.78 is 13.8. The Bertz CT molecular complexity index is 927. The first-order chi connectivity index (χ1) is 12.6. The van der Waals surface area contributed by atoms with Gasteiger partial charge in [0.05, 0.1) is 5.41 Å². The van der Waals surface area contributed by atoms with E-state index in [1.165, 1.54) is 11.6 Å². The van der Waals surface area contributed by atoms with E-state index in [1.807, 2.05) is 32.9 Å². The molecule has 27 heavy (non-hydrogen) atoms. The molecule has 1 N–H and O–H groups in total. The topological polar surface area (TPSA) is 12.0 Å². The molecule has 1 nitrogen and oxygen atoms in total. The summed E-state index contributed by atoms with van der Waals surface area (Å²) in [6.07, 6.45) is 7.03.